The first kappa shape index (κ1) is 13.0. The molecule has 0 spiro atoms. The number of nitrogens with one attached hydrogen (secondary N) is 1. The first-order valence-corrected chi connectivity index (χ1v) is 5.59. The Morgan fingerprint density at radius 1 is 1.50 bits per heavy atom. The third-order valence-electron chi connectivity index (χ3n) is 2.44. The van der Waals surface area contributed by atoms with Crippen molar-refractivity contribution in [3.63, 3.8) is 0 Å². The van der Waals surface area contributed by atoms with Gasteiger partial charge in [0.2, 0.25) is 0 Å². The Morgan fingerprint density at radius 3 is 2.88 bits per heavy atom. The summed E-state index contributed by atoms with van der Waals surface area (Å²) in [4.78, 5) is 0. The molecule has 0 saturated carbocycles. The third kappa shape index (κ3) is 3.23. The molecule has 0 aliphatic heterocycles. The van der Waals surface area contributed by atoms with Crippen LogP contribution in [0, 0.1) is 17.7 Å². The SMILES string of the molecule is CC#CCCC(NC)c1cccc(F)c1Cl. The molecule has 0 aromatic heterocycles. The quantitative estimate of drug-likeness (QED) is 0.793. The van der Waals surface area contributed by atoms with Crippen molar-refractivity contribution in [3.8, 4) is 11.8 Å². The van der Waals surface area contributed by atoms with E-state index < -0.39 is 0 Å². The van der Waals surface area contributed by atoms with Crippen molar-refractivity contribution in [1.29, 1.82) is 0 Å². The Balaban J connectivity index is 2.85. The summed E-state index contributed by atoms with van der Waals surface area (Å²) in [6.07, 6.45) is 1.59. The highest BCUT2D eigenvalue weighted by molar-refractivity contribution is 6.31. The predicted octanol–water partition coefficient (Wildman–Crippen LogP) is 3.54. The van der Waals surface area contributed by atoms with Crippen molar-refractivity contribution < 1.29 is 4.39 Å². The second-order valence-electron chi connectivity index (χ2n) is 3.45. The molecule has 1 N–H and O–H groups in total. The van der Waals surface area contributed by atoms with Crippen LogP contribution in [-0.4, -0.2) is 7.05 Å². The lowest BCUT2D eigenvalue weighted by Gasteiger charge is -2.16. The molecule has 16 heavy (non-hydrogen) atoms. The molecule has 0 radical (unpaired) electrons. The van der Waals surface area contributed by atoms with Gasteiger partial charge in [-0.1, -0.05) is 23.7 Å². The fourth-order valence-corrected chi connectivity index (χ4v) is 1.84. The maximum atomic E-state index is 13.3. The van der Waals surface area contributed by atoms with Crippen molar-refractivity contribution in [2.75, 3.05) is 7.05 Å². The van der Waals surface area contributed by atoms with E-state index in [9.17, 15) is 4.39 Å². The Labute approximate surface area is 101 Å². The van der Waals surface area contributed by atoms with Crippen molar-refractivity contribution >= 4 is 11.6 Å². The largest absolute Gasteiger partial charge is 0.313 e. The van der Waals surface area contributed by atoms with E-state index in [1.54, 1.807) is 6.07 Å². The smallest absolute Gasteiger partial charge is 0.142 e. The molecule has 1 nitrogen and oxygen atoms in total. The Bertz CT molecular complexity index is 406. The molecule has 86 valence electrons. The van der Waals surface area contributed by atoms with Crippen molar-refractivity contribution in [2.24, 2.45) is 0 Å². The summed E-state index contributed by atoms with van der Waals surface area (Å²) in [6.45, 7) is 1.81. The Hall–Kier alpha value is -1.04. The summed E-state index contributed by atoms with van der Waals surface area (Å²) in [5.41, 5.74) is 0.794. The minimum absolute atomic E-state index is 0.0454. The molecule has 0 amide bonds. The maximum Gasteiger partial charge on any atom is 0.142 e. The third-order valence-corrected chi connectivity index (χ3v) is 2.84. The summed E-state index contributed by atoms with van der Waals surface area (Å²) in [6, 6.07) is 4.92. The molecule has 1 aromatic carbocycles. The molecular formula is C13H15ClFN. The molecule has 0 aliphatic rings. The van der Waals surface area contributed by atoms with Crippen LogP contribution in [0.3, 0.4) is 0 Å². The average molecular weight is 240 g/mol. The molecule has 1 unspecified atom stereocenters. The zero-order chi connectivity index (χ0) is 12.0. The van der Waals surface area contributed by atoms with Crippen molar-refractivity contribution in [3.05, 3.63) is 34.6 Å². The monoisotopic (exact) mass is 239 g/mol. The van der Waals surface area contributed by atoms with Crippen LogP contribution in [0.25, 0.3) is 0 Å². The molecule has 0 aliphatic carbocycles. The summed E-state index contributed by atoms with van der Waals surface area (Å²) in [5, 5.41) is 3.33. The number of benzene rings is 1. The van der Waals surface area contributed by atoms with E-state index in [4.69, 9.17) is 11.6 Å². The van der Waals surface area contributed by atoms with Crippen molar-refractivity contribution in [2.45, 2.75) is 25.8 Å². The summed E-state index contributed by atoms with van der Waals surface area (Å²) in [7, 11) is 1.84. The average Bonchev–Trinajstić information content (AvgIpc) is 2.29. The zero-order valence-electron chi connectivity index (χ0n) is 9.48. The van der Waals surface area contributed by atoms with E-state index in [1.165, 1.54) is 6.07 Å². The van der Waals surface area contributed by atoms with Crippen LogP contribution in [0.5, 0.6) is 0 Å². The highest BCUT2D eigenvalue weighted by Crippen LogP contribution is 2.27. The van der Waals surface area contributed by atoms with Gasteiger partial charge in [0.25, 0.3) is 0 Å². The minimum atomic E-state index is -0.374. The number of hydrogen-bond acceptors (Lipinski definition) is 1. The van der Waals surface area contributed by atoms with E-state index in [0.717, 1.165) is 18.4 Å². The Kier molecular flexibility index (Phi) is 5.31. The predicted molar refractivity (Wildman–Crippen MR) is 65.9 cm³/mol. The van der Waals surface area contributed by atoms with Gasteiger partial charge in [0, 0.05) is 12.5 Å². The Morgan fingerprint density at radius 2 is 2.25 bits per heavy atom. The fraction of sp³-hybridized carbons (Fsp3) is 0.385. The second kappa shape index (κ2) is 6.52. The van der Waals surface area contributed by atoms with Crippen LogP contribution in [0.2, 0.25) is 5.02 Å². The van der Waals surface area contributed by atoms with E-state index in [2.05, 4.69) is 17.2 Å². The van der Waals surface area contributed by atoms with Gasteiger partial charge in [-0.15, -0.1) is 11.8 Å². The lowest BCUT2D eigenvalue weighted by atomic mass is 10.0. The van der Waals surface area contributed by atoms with Crippen LogP contribution in [0.4, 0.5) is 4.39 Å². The van der Waals surface area contributed by atoms with E-state index in [0.29, 0.717) is 0 Å². The van der Waals surface area contributed by atoms with Gasteiger partial charge in [-0.05, 0) is 32.0 Å². The van der Waals surface area contributed by atoms with Gasteiger partial charge in [0.1, 0.15) is 5.82 Å². The molecule has 1 atom stereocenters. The molecule has 1 rings (SSSR count). The maximum absolute atomic E-state index is 13.3. The standard InChI is InChI=1S/C13H15ClFN/c1-3-4-5-9-12(16-2)10-7-6-8-11(15)13(10)14/h6-8,12,16H,5,9H2,1-2H3. The summed E-state index contributed by atoms with van der Waals surface area (Å²) in [5.74, 6) is 5.46. The number of rotatable bonds is 4. The van der Waals surface area contributed by atoms with E-state index in [1.807, 2.05) is 20.0 Å². The van der Waals surface area contributed by atoms with Crippen LogP contribution in [0.15, 0.2) is 18.2 Å². The van der Waals surface area contributed by atoms with Crippen LogP contribution in [0.1, 0.15) is 31.4 Å². The molecule has 3 heteroatoms. The first-order chi connectivity index (χ1) is 7.70. The topological polar surface area (TPSA) is 12.0 Å². The number of halogens is 2. The second-order valence-corrected chi connectivity index (χ2v) is 3.83. The number of hydrogen-bond donors (Lipinski definition) is 1. The van der Waals surface area contributed by atoms with E-state index >= 15 is 0 Å². The normalized spacial score (nSPS) is 11.8. The molecular weight excluding hydrogens is 225 g/mol. The molecule has 0 heterocycles. The lowest BCUT2D eigenvalue weighted by molar-refractivity contribution is 0.550. The van der Waals surface area contributed by atoms with Crippen LogP contribution < -0.4 is 5.32 Å². The fourth-order valence-electron chi connectivity index (χ4n) is 1.59. The van der Waals surface area contributed by atoms with Gasteiger partial charge < -0.3 is 5.32 Å². The molecule has 0 fully saturated rings. The van der Waals surface area contributed by atoms with E-state index in [-0.39, 0.29) is 16.9 Å². The van der Waals surface area contributed by atoms with Crippen molar-refractivity contribution in [1.82, 2.24) is 5.32 Å². The van der Waals surface area contributed by atoms with Gasteiger partial charge in [0.15, 0.2) is 0 Å². The van der Waals surface area contributed by atoms with Gasteiger partial charge in [0.05, 0.1) is 5.02 Å². The van der Waals surface area contributed by atoms with Gasteiger partial charge in [-0.2, -0.15) is 0 Å². The highest BCUT2D eigenvalue weighted by Gasteiger charge is 2.14. The molecule has 1 aromatic rings. The van der Waals surface area contributed by atoms with Crippen LogP contribution in [-0.2, 0) is 0 Å². The van der Waals surface area contributed by atoms with Gasteiger partial charge in [-0.3, -0.25) is 0 Å². The molecule has 0 bridgehead atoms. The lowest BCUT2D eigenvalue weighted by Crippen LogP contribution is -2.16. The molecule has 0 saturated heterocycles. The minimum Gasteiger partial charge on any atom is -0.313 e. The summed E-state index contributed by atoms with van der Waals surface area (Å²) >= 11 is 5.93. The first-order valence-electron chi connectivity index (χ1n) is 5.21. The highest BCUT2D eigenvalue weighted by atomic mass is 35.5. The van der Waals surface area contributed by atoms with Gasteiger partial charge in [-0.25, -0.2) is 4.39 Å². The van der Waals surface area contributed by atoms with Crippen LogP contribution >= 0.6 is 11.6 Å². The summed E-state index contributed by atoms with van der Waals surface area (Å²) < 4.78 is 13.3. The zero-order valence-corrected chi connectivity index (χ0v) is 10.2. The van der Waals surface area contributed by atoms with Gasteiger partial charge >= 0.3 is 0 Å².